The summed E-state index contributed by atoms with van der Waals surface area (Å²) in [5, 5.41) is 0. The van der Waals surface area contributed by atoms with Crippen molar-refractivity contribution in [2.24, 2.45) is 0 Å². The normalized spacial score (nSPS) is 24.1. The van der Waals surface area contributed by atoms with Crippen molar-refractivity contribution in [2.75, 3.05) is 39.4 Å². The maximum absolute atomic E-state index is 13.8. The van der Waals surface area contributed by atoms with Crippen molar-refractivity contribution in [2.45, 2.75) is 25.4 Å². The number of hydrogen-bond acceptors (Lipinski definition) is 4. The molecule has 1 N–H and O–H groups in total. The van der Waals surface area contributed by atoms with Crippen LogP contribution in [0, 0.1) is 5.82 Å². The molecular formula is C16H24FN3O3S. The number of nitrogens with one attached hydrogen (secondary N) is 1. The fraction of sp³-hybridized carbons (Fsp3) is 0.625. The predicted octanol–water partition coefficient (Wildman–Crippen LogP) is 0.957. The van der Waals surface area contributed by atoms with Gasteiger partial charge in [-0.05, 0) is 25.5 Å². The average Bonchev–Trinajstić information content (AvgIpc) is 2.58. The van der Waals surface area contributed by atoms with Crippen LogP contribution in [0.2, 0.25) is 0 Å². The van der Waals surface area contributed by atoms with Crippen LogP contribution in [0.5, 0.6) is 0 Å². The van der Waals surface area contributed by atoms with E-state index in [2.05, 4.69) is 9.62 Å². The molecule has 1 aromatic carbocycles. The van der Waals surface area contributed by atoms with E-state index < -0.39 is 10.2 Å². The first-order chi connectivity index (χ1) is 11.5. The molecule has 2 aliphatic rings. The molecule has 134 valence electrons. The molecule has 0 aliphatic carbocycles. The highest BCUT2D eigenvalue weighted by atomic mass is 32.2. The van der Waals surface area contributed by atoms with Gasteiger partial charge in [-0.1, -0.05) is 18.2 Å². The summed E-state index contributed by atoms with van der Waals surface area (Å²) in [6, 6.07) is 6.59. The lowest BCUT2D eigenvalue weighted by Gasteiger charge is -2.35. The van der Waals surface area contributed by atoms with Crippen LogP contribution in [0.25, 0.3) is 0 Å². The van der Waals surface area contributed by atoms with E-state index in [1.807, 2.05) is 6.07 Å². The highest BCUT2D eigenvalue weighted by molar-refractivity contribution is 7.87. The molecule has 1 atom stereocenters. The van der Waals surface area contributed by atoms with E-state index in [4.69, 9.17) is 4.74 Å². The maximum Gasteiger partial charge on any atom is 0.279 e. The molecule has 0 saturated carbocycles. The summed E-state index contributed by atoms with van der Waals surface area (Å²) in [5.41, 5.74) is 0.647. The first kappa shape index (κ1) is 17.8. The van der Waals surface area contributed by atoms with Crippen molar-refractivity contribution >= 4 is 10.2 Å². The molecule has 0 spiro atoms. The van der Waals surface area contributed by atoms with Gasteiger partial charge in [0.1, 0.15) is 5.82 Å². The Morgan fingerprint density at radius 3 is 2.71 bits per heavy atom. The molecule has 24 heavy (non-hydrogen) atoms. The third-order valence-electron chi connectivity index (χ3n) is 4.48. The minimum absolute atomic E-state index is 0.140. The number of ether oxygens (including phenoxy) is 1. The SMILES string of the molecule is O=S(=O)(NC1CCCN(Cc2ccccc2F)C1)N1CCOCC1. The number of rotatable bonds is 5. The van der Waals surface area contributed by atoms with Crippen molar-refractivity contribution in [1.29, 1.82) is 0 Å². The van der Waals surface area contributed by atoms with Crippen LogP contribution >= 0.6 is 0 Å². The summed E-state index contributed by atoms with van der Waals surface area (Å²) >= 11 is 0. The Kier molecular flexibility index (Phi) is 5.83. The summed E-state index contributed by atoms with van der Waals surface area (Å²) in [7, 11) is -3.48. The predicted molar refractivity (Wildman–Crippen MR) is 89.1 cm³/mol. The lowest BCUT2D eigenvalue weighted by molar-refractivity contribution is 0.0719. The summed E-state index contributed by atoms with van der Waals surface area (Å²) < 4.78 is 48.1. The van der Waals surface area contributed by atoms with Crippen LogP contribution in [0.1, 0.15) is 18.4 Å². The van der Waals surface area contributed by atoms with Crippen LogP contribution in [0.4, 0.5) is 4.39 Å². The van der Waals surface area contributed by atoms with Gasteiger partial charge in [-0.25, -0.2) is 4.39 Å². The molecule has 0 radical (unpaired) electrons. The maximum atomic E-state index is 13.8. The first-order valence-electron chi connectivity index (χ1n) is 8.35. The van der Waals surface area contributed by atoms with Crippen LogP contribution in [0.3, 0.4) is 0 Å². The molecular weight excluding hydrogens is 333 g/mol. The van der Waals surface area contributed by atoms with E-state index in [0.717, 1.165) is 19.4 Å². The van der Waals surface area contributed by atoms with E-state index in [9.17, 15) is 12.8 Å². The second kappa shape index (κ2) is 7.88. The quantitative estimate of drug-likeness (QED) is 0.853. The Hall–Kier alpha value is -1.06. The smallest absolute Gasteiger partial charge is 0.279 e. The van der Waals surface area contributed by atoms with Crippen LogP contribution in [0.15, 0.2) is 24.3 Å². The van der Waals surface area contributed by atoms with Crippen LogP contribution < -0.4 is 4.72 Å². The molecule has 1 unspecified atom stereocenters. The topological polar surface area (TPSA) is 61.9 Å². The van der Waals surface area contributed by atoms with Gasteiger partial charge < -0.3 is 4.74 Å². The molecule has 0 aromatic heterocycles. The fourth-order valence-electron chi connectivity index (χ4n) is 3.23. The number of morpholine rings is 1. The van der Waals surface area contributed by atoms with E-state index >= 15 is 0 Å². The number of nitrogens with zero attached hydrogens (tertiary/aromatic N) is 2. The number of halogens is 1. The molecule has 0 bridgehead atoms. The lowest BCUT2D eigenvalue weighted by Crippen LogP contribution is -2.53. The van der Waals surface area contributed by atoms with Gasteiger partial charge in [0.05, 0.1) is 13.2 Å². The van der Waals surface area contributed by atoms with Gasteiger partial charge in [0.15, 0.2) is 0 Å². The summed E-state index contributed by atoms with van der Waals surface area (Å²) in [5.74, 6) is -0.214. The average molecular weight is 357 g/mol. The Morgan fingerprint density at radius 1 is 1.21 bits per heavy atom. The second-order valence-corrected chi connectivity index (χ2v) is 8.00. The second-order valence-electron chi connectivity index (χ2n) is 6.30. The zero-order valence-electron chi connectivity index (χ0n) is 13.7. The van der Waals surface area contributed by atoms with Gasteiger partial charge in [-0.2, -0.15) is 17.4 Å². The minimum atomic E-state index is -3.48. The molecule has 2 aliphatic heterocycles. The summed E-state index contributed by atoms with van der Waals surface area (Å²) in [6.07, 6.45) is 1.70. The Balaban J connectivity index is 1.58. The van der Waals surface area contributed by atoms with Crippen LogP contribution in [-0.2, 0) is 21.5 Å². The zero-order chi connectivity index (χ0) is 17.0. The molecule has 8 heteroatoms. The number of benzene rings is 1. The van der Waals surface area contributed by atoms with Crippen molar-refractivity contribution in [3.63, 3.8) is 0 Å². The fourth-order valence-corrected chi connectivity index (χ4v) is 4.63. The largest absolute Gasteiger partial charge is 0.379 e. The van der Waals surface area contributed by atoms with Crippen molar-refractivity contribution in [3.05, 3.63) is 35.6 Å². The van der Waals surface area contributed by atoms with Gasteiger partial charge in [-0.3, -0.25) is 4.90 Å². The summed E-state index contributed by atoms with van der Waals surface area (Å²) in [4.78, 5) is 2.11. The first-order valence-corrected chi connectivity index (χ1v) is 9.79. The van der Waals surface area contributed by atoms with Gasteiger partial charge in [-0.15, -0.1) is 0 Å². The Labute approximate surface area is 142 Å². The van der Waals surface area contributed by atoms with E-state index in [1.54, 1.807) is 12.1 Å². The molecule has 2 saturated heterocycles. The minimum Gasteiger partial charge on any atom is -0.379 e. The zero-order valence-corrected chi connectivity index (χ0v) is 14.5. The van der Waals surface area contributed by atoms with E-state index in [0.29, 0.717) is 45.0 Å². The molecule has 2 fully saturated rings. The molecule has 6 nitrogen and oxygen atoms in total. The Bertz CT molecular complexity index is 650. The highest BCUT2D eigenvalue weighted by Crippen LogP contribution is 2.17. The van der Waals surface area contributed by atoms with Crippen LogP contribution in [-0.4, -0.2) is 63.1 Å². The molecule has 0 amide bonds. The highest BCUT2D eigenvalue weighted by Gasteiger charge is 2.29. The molecule has 1 aromatic rings. The number of piperidine rings is 1. The van der Waals surface area contributed by atoms with E-state index in [-0.39, 0.29) is 11.9 Å². The van der Waals surface area contributed by atoms with Crippen molar-refractivity contribution < 1.29 is 17.5 Å². The third-order valence-corrected chi connectivity index (χ3v) is 6.16. The number of hydrogen-bond donors (Lipinski definition) is 1. The molecule has 2 heterocycles. The van der Waals surface area contributed by atoms with Gasteiger partial charge in [0, 0.05) is 37.8 Å². The summed E-state index contributed by atoms with van der Waals surface area (Å²) in [6.45, 7) is 3.60. The van der Waals surface area contributed by atoms with Gasteiger partial charge in [0.2, 0.25) is 0 Å². The lowest BCUT2D eigenvalue weighted by atomic mass is 10.1. The van der Waals surface area contributed by atoms with Gasteiger partial charge in [0.25, 0.3) is 10.2 Å². The third kappa shape index (κ3) is 4.52. The Morgan fingerprint density at radius 2 is 1.96 bits per heavy atom. The van der Waals surface area contributed by atoms with Crippen molar-refractivity contribution in [1.82, 2.24) is 13.9 Å². The monoisotopic (exact) mass is 357 g/mol. The van der Waals surface area contributed by atoms with E-state index in [1.165, 1.54) is 10.4 Å². The number of likely N-dealkylation sites (tertiary alicyclic amines) is 1. The van der Waals surface area contributed by atoms with Gasteiger partial charge >= 0.3 is 0 Å². The molecule has 3 rings (SSSR count). The standard InChI is InChI=1S/C16H24FN3O3S/c17-16-6-2-1-4-14(16)12-19-7-3-5-15(13-19)18-24(21,22)20-8-10-23-11-9-20/h1-2,4,6,15,18H,3,5,7-13H2. The van der Waals surface area contributed by atoms with Crippen molar-refractivity contribution in [3.8, 4) is 0 Å².